The number of carbonyl (C=O) groups excluding carboxylic acids is 3. The number of likely N-dealkylation sites (N-methyl/N-ethyl adjacent to an activating group) is 1. The Balaban J connectivity index is 2.32. The lowest BCUT2D eigenvalue weighted by atomic mass is 9.99. The predicted octanol–water partition coefficient (Wildman–Crippen LogP) is 4.83. The average Bonchev–Trinajstić information content (AvgIpc) is 2.79. The number of nitrogens with zero attached hydrogens (tertiary/aromatic N) is 1. The largest absolute Gasteiger partial charge is 0.444 e. The van der Waals surface area contributed by atoms with Crippen LogP contribution in [0.2, 0.25) is 0 Å². The summed E-state index contributed by atoms with van der Waals surface area (Å²) in [6.07, 6.45) is -0.237. The van der Waals surface area contributed by atoms with Crippen molar-refractivity contribution in [2.24, 2.45) is 5.92 Å². The second-order valence-corrected chi connectivity index (χ2v) is 9.97. The van der Waals surface area contributed by atoms with Crippen molar-refractivity contribution in [3.63, 3.8) is 0 Å². The number of ether oxygens (including phenoxy) is 1. The minimum Gasteiger partial charge on any atom is -0.444 e. The lowest BCUT2D eigenvalue weighted by Crippen LogP contribution is -2.53. The van der Waals surface area contributed by atoms with Gasteiger partial charge >= 0.3 is 6.09 Å². The number of benzene rings is 2. The molecule has 0 aliphatic rings. The molecule has 0 fully saturated rings. The summed E-state index contributed by atoms with van der Waals surface area (Å²) in [6, 6.07) is 17.2. The molecule has 0 spiro atoms. The Morgan fingerprint density at radius 2 is 1.51 bits per heavy atom. The fourth-order valence-corrected chi connectivity index (χ4v) is 3.80. The van der Waals surface area contributed by atoms with E-state index in [2.05, 4.69) is 10.6 Å². The van der Waals surface area contributed by atoms with Crippen molar-refractivity contribution >= 4 is 17.9 Å². The maximum absolute atomic E-state index is 13.8. The third kappa shape index (κ3) is 9.08. The summed E-state index contributed by atoms with van der Waals surface area (Å²) < 4.78 is 5.39. The third-order valence-electron chi connectivity index (χ3n) is 5.30. The first-order chi connectivity index (χ1) is 16.5. The molecule has 2 unspecified atom stereocenters. The molecular formula is C28H39N3O4. The first kappa shape index (κ1) is 27.9. The molecule has 0 saturated carbocycles. The van der Waals surface area contributed by atoms with Crippen LogP contribution in [0.5, 0.6) is 0 Å². The standard InChI is InChI=1S/C28H39N3O4/c1-7-31(26(33)23(18-20(2)3)30-27(34)35-28(4,5)6)24(22-16-12-9-13-17-22)25(32)29-19-21-14-10-8-11-15-21/h8-17,20,23-24H,7,18-19H2,1-6H3,(H,29,32)(H,30,34). The van der Waals surface area contributed by atoms with Gasteiger partial charge in [0, 0.05) is 13.1 Å². The van der Waals surface area contributed by atoms with E-state index in [0.717, 1.165) is 5.56 Å². The van der Waals surface area contributed by atoms with Gasteiger partial charge in [0.05, 0.1) is 0 Å². The predicted molar refractivity (Wildman–Crippen MR) is 137 cm³/mol. The van der Waals surface area contributed by atoms with E-state index in [9.17, 15) is 14.4 Å². The molecule has 0 saturated heterocycles. The van der Waals surface area contributed by atoms with Crippen molar-refractivity contribution in [2.45, 2.75) is 72.2 Å². The Morgan fingerprint density at radius 1 is 0.943 bits per heavy atom. The van der Waals surface area contributed by atoms with Gasteiger partial charge in [-0.3, -0.25) is 9.59 Å². The highest BCUT2D eigenvalue weighted by Crippen LogP contribution is 2.24. The summed E-state index contributed by atoms with van der Waals surface area (Å²) in [4.78, 5) is 41.3. The van der Waals surface area contributed by atoms with Crippen LogP contribution in [0.25, 0.3) is 0 Å². The molecule has 2 N–H and O–H groups in total. The fourth-order valence-electron chi connectivity index (χ4n) is 3.80. The van der Waals surface area contributed by atoms with E-state index in [1.807, 2.05) is 81.4 Å². The zero-order valence-corrected chi connectivity index (χ0v) is 21.7. The lowest BCUT2D eigenvalue weighted by molar-refractivity contribution is -0.142. The Bertz CT molecular complexity index is 955. The maximum atomic E-state index is 13.8. The van der Waals surface area contributed by atoms with E-state index in [1.165, 1.54) is 4.90 Å². The number of rotatable bonds is 10. The summed E-state index contributed by atoms with van der Waals surface area (Å²) in [6.45, 7) is 11.7. The summed E-state index contributed by atoms with van der Waals surface area (Å²) in [5.41, 5.74) is 0.976. The molecule has 35 heavy (non-hydrogen) atoms. The quantitative estimate of drug-likeness (QED) is 0.509. The molecule has 7 nitrogen and oxygen atoms in total. The molecule has 190 valence electrons. The Hall–Kier alpha value is -3.35. The maximum Gasteiger partial charge on any atom is 0.408 e. The van der Waals surface area contributed by atoms with Crippen molar-refractivity contribution in [1.82, 2.24) is 15.5 Å². The Kier molecular flexibility index (Phi) is 10.3. The van der Waals surface area contributed by atoms with Crippen LogP contribution in [0.3, 0.4) is 0 Å². The van der Waals surface area contributed by atoms with Gasteiger partial charge in [0.25, 0.3) is 0 Å². The first-order valence-electron chi connectivity index (χ1n) is 12.2. The number of alkyl carbamates (subject to hydrolysis) is 1. The van der Waals surface area contributed by atoms with Gasteiger partial charge in [-0.25, -0.2) is 4.79 Å². The van der Waals surface area contributed by atoms with Gasteiger partial charge < -0.3 is 20.3 Å². The highest BCUT2D eigenvalue weighted by atomic mass is 16.6. The Morgan fingerprint density at radius 3 is 2.03 bits per heavy atom. The number of amides is 3. The first-order valence-corrected chi connectivity index (χ1v) is 12.2. The normalized spacial score (nSPS) is 13.0. The third-order valence-corrected chi connectivity index (χ3v) is 5.30. The highest BCUT2D eigenvalue weighted by Gasteiger charge is 2.35. The van der Waals surface area contributed by atoms with E-state index < -0.39 is 23.8 Å². The molecule has 2 aromatic carbocycles. The number of hydrogen-bond acceptors (Lipinski definition) is 4. The molecule has 0 aromatic heterocycles. The molecule has 7 heteroatoms. The summed E-state index contributed by atoms with van der Waals surface area (Å²) in [7, 11) is 0. The molecule has 0 bridgehead atoms. The lowest BCUT2D eigenvalue weighted by Gasteiger charge is -2.34. The molecule has 2 aromatic rings. The van der Waals surface area contributed by atoms with Crippen LogP contribution in [0.4, 0.5) is 4.79 Å². The van der Waals surface area contributed by atoms with Gasteiger partial charge in [0.2, 0.25) is 11.8 Å². The van der Waals surface area contributed by atoms with E-state index in [1.54, 1.807) is 20.8 Å². The molecule has 2 atom stereocenters. The van der Waals surface area contributed by atoms with Crippen LogP contribution >= 0.6 is 0 Å². The molecule has 3 amide bonds. The minimum absolute atomic E-state index is 0.139. The Labute approximate surface area is 209 Å². The summed E-state index contributed by atoms with van der Waals surface area (Å²) in [5.74, 6) is -0.466. The molecule has 0 aliphatic carbocycles. The van der Waals surface area contributed by atoms with Crippen LogP contribution in [0, 0.1) is 5.92 Å². The van der Waals surface area contributed by atoms with Crippen molar-refractivity contribution in [3.8, 4) is 0 Å². The van der Waals surface area contributed by atoms with Crippen LogP contribution in [0.15, 0.2) is 60.7 Å². The summed E-state index contributed by atoms with van der Waals surface area (Å²) >= 11 is 0. The molecule has 2 rings (SSSR count). The van der Waals surface area contributed by atoms with E-state index in [4.69, 9.17) is 4.74 Å². The van der Waals surface area contributed by atoms with Gasteiger partial charge in [-0.15, -0.1) is 0 Å². The monoisotopic (exact) mass is 481 g/mol. The second-order valence-electron chi connectivity index (χ2n) is 9.97. The molecule has 0 heterocycles. The van der Waals surface area contributed by atoms with Crippen molar-refractivity contribution in [2.75, 3.05) is 6.54 Å². The minimum atomic E-state index is -0.840. The zero-order valence-electron chi connectivity index (χ0n) is 21.7. The fraction of sp³-hybridized carbons (Fsp3) is 0.464. The van der Waals surface area contributed by atoms with Crippen molar-refractivity contribution in [3.05, 3.63) is 71.8 Å². The topological polar surface area (TPSA) is 87.7 Å². The van der Waals surface area contributed by atoms with E-state index in [0.29, 0.717) is 25.1 Å². The van der Waals surface area contributed by atoms with Crippen LogP contribution in [-0.2, 0) is 20.9 Å². The van der Waals surface area contributed by atoms with Gasteiger partial charge in [-0.05, 0) is 51.2 Å². The number of hydrogen-bond donors (Lipinski definition) is 2. The highest BCUT2D eigenvalue weighted by molar-refractivity contribution is 5.92. The zero-order chi connectivity index (χ0) is 26.0. The van der Waals surface area contributed by atoms with E-state index in [-0.39, 0.29) is 17.7 Å². The number of carbonyl (C=O) groups is 3. The number of nitrogens with one attached hydrogen (secondary N) is 2. The average molecular weight is 482 g/mol. The molecular weight excluding hydrogens is 442 g/mol. The summed E-state index contributed by atoms with van der Waals surface area (Å²) in [5, 5.41) is 5.71. The SMILES string of the molecule is CCN(C(=O)C(CC(C)C)NC(=O)OC(C)(C)C)C(C(=O)NCc1ccccc1)c1ccccc1. The van der Waals surface area contributed by atoms with Gasteiger partial charge in [-0.2, -0.15) is 0 Å². The molecule has 0 radical (unpaired) electrons. The molecule has 0 aliphatic heterocycles. The smallest absolute Gasteiger partial charge is 0.408 e. The second kappa shape index (κ2) is 12.9. The van der Waals surface area contributed by atoms with Crippen LogP contribution in [-0.4, -0.2) is 41.0 Å². The van der Waals surface area contributed by atoms with Gasteiger partial charge in [-0.1, -0.05) is 74.5 Å². The van der Waals surface area contributed by atoms with Crippen molar-refractivity contribution < 1.29 is 19.1 Å². The van der Waals surface area contributed by atoms with Gasteiger partial charge in [0.15, 0.2) is 0 Å². The van der Waals surface area contributed by atoms with E-state index >= 15 is 0 Å². The van der Waals surface area contributed by atoms with Crippen molar-refractivity contribution in [1.29, 1.82) is 0 Å². The van der Waals surface area contributed by atoms with Crippen LogP contribution < -0.4 is 10.6 Å². The van der Waals surface area contributed by atoms with Crippen LogP contribution in [0.1, 0.15) is 65.1 Å². The van der Waals surface area contributed by atoms with Gasteiger partial charge in [0.1, 0.15) is 17.7 Å².